The molecule has 0 amide bonds. The highest BCUT2D eigenvalue weighted by Gasteiger charge is 2.21. The van der Waals surface area contributed by atoms with Crippen molar-refractivity contribution in [3.8, 4) is 16.9 Å². The average molecular weight is 567 g/mol. The second-order valence-corrected chi connectivity index (χ2v) is 9.42. The average Bonchev–Trinajstić information content (AvgIpc) is 3.42. The molecule has 1 aromatic carbocycles. The van der Waals surface area contributed by atoms with Crippen LogP contribution in [-0.4, -0.2) is 64.5 Å². The molecule has 5 rings (SSSR count). The number of aromatic nitrogens is 4. The molecular weight excluding hydrogens is 532 g/mol. The van der Waals surface area contributed by atoms with Crippen molar-refractivity contribution < 1.29 is 18.4 Å². The molecule has 1 unspecified atom stereocenters. The van der Waals surface area contributed by atoms with E-state index in [1.54, 1.807) is 12.1 Å². The second-order valence-electron chi connectivity index (χ2n) is 9.42. The second kappa shape index (κ2) is 12.9. The van der Waals surface area contributed by atoms with E-state index < -0.39 is 0 Å². The molecule has 1 aliphatic rings. The summed E-state index contributed by atoms with van der Waals surface area (Å²) in [6.07, 6.45) is 2.52. The molecule has 4 heterocycles. The number of fused-ring (bicyclic) bond motifs is 1. The van der Waals surface area contributed by atoms with E-state index in [9.17, 15) is 4.39 Å². The molecule has 206 valence electrons. The topological polar surface area (TPSA) is 78.4 Å². The van der Waals surface area contributed by atoms with Crippen molar-refractivity contribution in [2.45, 2.75) is 39.7 Å². The Morgan fingerprint density at radius 2 is 1.87 bits per heavy atom. The molecule has 11 heteroatoms. The number of methoxy groups -OCH3 is 1. The smallest absolute Gasteiger partial charge is 0.165 e. The number of nitrogens with zero attached hydrogens (tertiary/aromatic N) is 5. The molecule has 1 saturated heterocycles. The van der Waals surface area contributed by atoms with Gasteiger partial charge >= 0.3 is 0 Å². The van der Waals surface area contributed by atoms with E-state index in [1.165, 1.54) is 7.11 Å². The van der Waals surface area contributed by atoms with E-state index in [4.69, 9.17) is 24.0 Å². The molecule has 0 bridgehead atoms. The molecule has 0 N–H and O–H groups in total. The molecule has 0 radical (unpaired) electrons. The van der Waals surface area contributed by atoms with Gasteiger partial charge in [0.2, 0.25) is 0 Å². The van der Waals surface area contributed by atoms with Crippen LogP contribution in [0, 0.1) is 19.7 Å². The zero-order valence-corrected chi connectivity index (χ0v) is 23.7. The van der Waals surface area contributed by atoms with Gasteiger partial charge in [0, 0.05) is 49.4 Å². The zero-order valence-electron chi connectivity index (χ0n) is 22.1. The molecule has 0 spiro atoms. The van der Waals surface area contributed by atoms with Crippen LogP contribution in [-0.2, 0) is 17.7 Å². The van der Waals surface area contributed by atoms with Crippen LogP contribution in [0.15, 0.2) is 35.0 Å². The van der Waals surface area contributed by atoms with Gasteiger partial charge in [0.1, 0.15) is 17.1 Å². The number of ether oxygens (including phenoxy) is 2. The summed E-state index contributed by atoms with van der Waals surface area (Å²) in [6.45, 7) is 11.0. The lowest BCUT2D eigenvalue weighted by Crippen LogP contribution is -2.38. The summed E-state index contributed by atoms with van der Waals surface area (Å²) in [6, 6.07) is 7.19. The van der Waals surface area contributed by atoms with Crippen LogP contribution in [0.2, 0.25) is 0 Å². The van der Waals surface area contributed by atoms with Crippen molar-refractivity contribution in [1.29, 1.82) is 0 Å². The summed E-state index contributed by atoms with van der Waals surface area (Å²) < 4.78 is 32.5. The third kappa shape index (κ3) is 6.12. The standard InChI is InChI=1S/C27H32FN5O3.2ClH/c1-17(13-20-5-6-24(34-4)22(28)14-20)26-30-23-15-21(25-18(2)31-36-19(25)3)16-29-27(23)33(26)8-7-32-9-11-35-12-10-32;;/h5-6,14-17H,7-13H2,1-4H3;2*1H. The Kier molecular flexibility index (Phi) is 10.1. The molecule has 1 aliphatic heterocycles. The van der Waals surface area contributed by atoms with Gasteiger partial charge in [-0.2, -0.15) is 0 Å². The van der Waals surface area contributed by atoms with Gasteiger partial charge in [-0.15, -0.1) is 24.8 Å². The first kappa shape index (κ1) is 29.8. The molecule has 3 aromatic heterocycles. The van der Waals surface area contributed by atoms with Crippen LogP contribution >= 0.6 is 24.8 Å². The highest BCUT2D eigenvalue weighted by atomic mass is 35.5. The first-order valence-corrected chi connectivity index (χ1v) is 12.4. The zero-order chi connectivity index (χ0) is 25.2. The van der Waals surface area contributed by atoms with Gasteiger partial charge in [0.05, 0.1) is 26.0 Å². The highest BCUT2D eigenvalue weighted by Crippen LogP contribution is 2.31. The molecule has 1 fully saturated rings. The number of imidazole rings is 1. The Labute approximate surface area is 234 Å². The quantitative estimate of drug-likeness (QED) is 0.284. The van der Waals surface area contributed by atoms with Gasteiger partial charge in [0.25, 0.3) is 0 Å². The fraction of sp³-hybridized carbons (Fsp3) is 0.444. The fourth-order valence-electron chi connectivity index (χ4n) is 5.00. The summed E-state index contributed by atoms with van der Waals surface area (Å²) >= 11 is 0. The Balaban J connectivity index is 0.00000200. The Morgan fingerprint density at radius 3 is 2.53 bits per heavy atom. The number of pyridine rings is 1. The van der Waals surface area contributed by atoms with Gasteiger partial charge in [-0.25, -0.2) is 14.4 Å². The Bertz CT molecular complexity index is 1350. The van der Waals surface area contributed by atoms with Gasteiger partial charge in [0.15, 0.2) is 17.2 Å². The third-order valence-electron chi connectivity index (χ3n) is 6.88. The SMILES string of the molecule is COc1ccc(CC(C)c2nc3cc(-c4c(C)noc4C)cnc3n2CCN2CCOCC2)cc1F.Cl.Cl. The molecular formula is C27H34Cl2FN5O3. The lowest BCUT2D eigenvalue weighted by atomic mass is 10.00. The van der Waals surface area contributed by atoms with Crippen molar-refractivity contribution in [2.24, 2.45) is 0 Å². The first-order chi connectivity index (χ1) is 17.4. The molecule has 0 aliphatic carbocycles. The summed E-state index contributed by atoms with van der Waals surface area (Å²) in [5.74, 6) is 1.65. The molecule has 1 atom stereocenters. The first-order valence-electron chi connectivity index (χ1n) is 12.4. The largest absolute Gasteiger partial charge is 0.494 e. The maximum atomic E-state index is 14.3. The minimum atomic E-state index is -0.353. The molecule has 38 heavy (non-hydrogen) atoms. The summed E-state index contributed by atoms with van der Waals surface area (Å²) in [4.78, 5) is 12.3. The normalized spacial score (nSPS) is 14.7. The maximum absolute atomic E-state index is 14.3. The summed E-state index contributed by atoms with van der Waals surface area (Å²) in [7, 11) is 1.47. The number of halogens is 3. The van der Waals surface area contributed by atoms with Crippen molar-refractivity contribution in [1.82, 2.24) is 24.6 Å². The van der Waals surface area contributed by atoms with E-state index in [0.717, 1.165) is 84.5 Å². The van der Waals surface area contributed by atoms with E-state index in [0.29, 0.717) is 6.42 Å². The predicted octanol–water partition coefficient (Wildman–Crippen LogP) is 5.37. The number of benzene rings is 1. The van der Waals surface area contributed by atoms with Crippen molar-refractivity contribution in [3.05, 3.63) is 59.1 Å². The van der Waals surface area contributed by atoms with E-state index in [-0.39, 0.29) is 42.3 Å². The van der Waals surface area contributed by atoms with Crippen LogP contribution in [0.25, 0.3) is 22.3 Å². The Hall–Kier alpha value is -2.72. The Morgan fingerprint density at radius 1 is 1.11 bits per heavy atom. The van der Waals surface area contributed by atoms with Crippen LogP contribution < -0.4 is 4.74 Å². The van der Waals surface area contributed by atoms with Gasteiger partial charge in [-0.1, -0.05) is 18.1 Å². The lowest BCUT2D eigenvalue weighted by molar-refractivity contribution is 0.0364. The maximum Gasteiger partial charge on any atom is 0.165 e. The molecule has 8 nitrogen and oxygen atoms in total. The monoisotopic (exact) mass is 565 g/mol. The van der Waals surface area contributed by atoms with Crippen LogP contribution in [0.5, 0.6) is 5.75 Å². The lowest BCUT2D eigenvalue weighted by Gasteiger charge is -2.27. The van der Waals surface area contributed by atoms with E-state index in [1.807, 2.05) is 26.1 Å². The number of hydrogen-bond donors (Lipinski definition) is 0. The van der Waals surface area contributed by atoms with Crippen LogP contribution in [0.1, 0.15) is 35.7 Å². The van der Waals surface area contributed by atoms with Crippen molar-refractivity contribution in [3.63, 3.8) is 0 Å². The highest BCUT2D eigenvalue weighted by molar-refractivity contribution is 5.85. The van der Waals surface area contributed by atoms with Crippen molar-refractivity contribution in [2.75, 3.05) is 40.0 Å². The summed E-state index contributed by atoms with van der Waals surface area (Å²) in [5.41, 5.74) is 5.30. The van der Waals surface area contributed by atoms with Gasteiger partial charge in [-0.05, 0) is 44.0 Å². The van der Waals surface area contributed by atoms with E-state index >= 15 is 0 Å². The number of rotatable bonds is 8. The van der Waals surface area contributed by atoms with Gasteiger partial charge < -0.3 is 18.6 Å². The summed E-state index contributed by atoms with van der Waals surface area (Å²) in [5, 5.41) is 4.09. The van der Waals surface area contributed by atoms with E-state index in [2.05, 4.69) is 27.6 Å². The van der Waals surface area contributed by atoms with Crippen molar-refractivity contribution >= 4 is 36.0 Å². The molecule has 4 aromatic rings. The number of hydrogen-bond acceptors (Lipinski definition) is 7. The minimum Gasteiger partial charge on any atom is -0.494 e. The van der Waals surface area contributed by atoms with Gasteiger partial charge in [-0.3, -0.25) is 4.90 Å². The number of aryl methyl sites for hydroxylation is 2. The predicted molar refractivity (Wildman–Crippen MR) is 149 cm³/mol. The fourth-order valence-corrected chi connectivity index (χ4v) is 5.00. The van der Waals surface area contributed by atoms with Crippen LogP contribution in [0.4, 0.5) is 4.39 Å². The minimum absolute atomic E-state index is 0. The third-order valence-corrected chi connectivity index (χ3v) is 6.88. The van der Waals surface area contributed by atoms with Crippen LogP contribution in [0.3, 0.4) is 0 Å². The molecule has 0 saturated carbocycles. The number of morpholine rings is 1.